The van der Waals surface area contributed by atoms with Crippen molar-refractivity contribution >= 4 is 0 Å². The zero-order chi connectivity index (χ0) is 26.4. The van der Waals surface area contributed by atoms with E-state index >= 15 is 0 Å². The van der Waals surface area contributed by atoms with E-state index in [9.17, 15) is 25.5 Å². The van der Waals surface area contributed by atoms with Crippen LogP contribution in [0.15, 0.2) is 41.6 Å². The number of rotatable bonds is 10. The topological polar surface area (TPSA) is 121 Å². The monoisotopic (exact) mass is 484 g/mol. The summed E-state index contributed by atoms with van der Waals surface area (Å²) in [6, 6.07) is 8.32. The lowest BCUT2D eigenvalue weighted by Gasteiger charge is -2.29. The number of hydrogen-bond acceptors (Lipinski definition) is 6. The highest BCUT2D eigenvalue weighted by atomic mass is 16.4. The van der Waals surface area contributed by atoms with Crippen LogP contribution < -0.4 is 0 Å². The first-order valence-corrected chi connectivity index (χ1v) is 12.0. The van der Waals surface area contributed by atoms with Crippen LogP contribution in [-0.4, -0.2) is 67.8 Å². The zero-order valence-corrected chi connectivity index (χ0v) is 21.6. The maximum atomic E-state index is 11.0. The van der Waals surface area contributed by atoms with Gasteiger partial charge in [-0.25, -0.2) is 0 Å². The van der Waals surface area contributed by atoms with Crippen LogP contribution in [0.3, 0.4) is 0 Å². The van der Waals surface area contributed by atoms with E-state index in [2.05, 4.69) is 37.8 Å². The minimum absolute atomic E-state index is 0.278. The van der Waals surface area contributed by atoms with Gasteiger partial charge in [0, 0.05) is 12.0 Å². The molecule has 0 saturated heterocycles. The fourth-order valence-electron chi connectivity index (χ4n) is 4.32. The van der Waals surface area contributed by atoms with Crippen molar-refractivity contribution in [3.8, 4) is 0 Å². The van der Waals surface area contributed by atoms with Crippen molar-refractivity contribution in [1.82, 2.24) is 0 Å². The third-order valence-electron chi connectivity index (χ3n) is 6.79. The molecule has 0 spiro atoms. The molecule has 0 heterocycles. The summed E-state index contributed by atoms with van der Waals surface area (Å²) in [7, 11) is 0. The molecule has 0 aliphatic rings. The smallest absolute Gasteiger partial charge is 0.113 e. The van der Waals surface area contributed by atoms with E-state index in [1.165, 1.54) is 11.1 Å². The standard InChI is InChI=1S/C29H40O6/c1-16-10-18(3)20(5)22(12-16)8-7-9-23(14-24-13-17(2)11-19(4)21(24)6)26(32)28(34)29(35)27(33)25(31)15-30/h7,10-13,25-35H,8,14-15H2,1-6H3/t9?,25-,26?,27+,28+,29-/m0/s1. The third-order valence-corrected chi connectivity index (χ3v) is 6.79. The van der Waals surface area contributed by atoms with Crippen molar-refractivity contribution in [3.63, 3.8) is 0 Å². The molecular formula is C29H40O6. The van der Waals surface area contributed by atoms with Crippen molar-refractivity contribution in [2.75, 3.05) is 6.61 Å². The average molecular weight is 485 g/mol. The quantitative estimate of drug-likeness (QED) is 0.288. The van der Waals surface area contributed by atoms with E-state index in [-0.39, 0.29) is 6.42 Å². The molecule has 6 heteroatoms. The van der Waals surface area contributed by atoms with Crippen molar-refractivity contribution in [3.05, 3.63) is 86.2 Å². The van der Waals surface area contributed by atoms with Gasteiger partial charge in [-0.2, -0.15) is 0 Å². The van der Waals surface area contributed by atoms with Gasteiger partial charge in [-0.05, 0) is 87.4 Å². The van der Waals surface area contributed by atoms with Gasteiger partial charge in [0.05, 0.1) is 6.61 Å². The molecule has 0 aromatic heterocycles. The van der Waals surface area contributed by atoms with Gasteiger partial charge in [0.15, 0.2) is 0 Å². The van der Waals surface area contributed by atoms with E-state index in [1.807, 2.05) is 33.8 Å². The highest BCUT2D eigenvalue weighted by Gasteiger charge is 2.35. The Labute approximate surface area is 208 Å². The van der Waals surface area contributed by atoms with Crippen molar-refractivity contribution in [2.24, 2.45) is 0 Å². The first-order chi connectivity index (χ1) is 16.4. The van der Waals surface area contributed by atoms with Gasteiger partial charge in [0.25, 0.3) is 0 Å². The molecule has 2 aromatic carbocycles. The normalized spacial score (nSPS) is 15.7. The molecule has 0 bridgehead atoms. The Morgan fingerprint density at radius 1 is 0.743 bits per heavy atom. The maximum absolute atomic E-state index is 11.0. The van der Waals surface area contributed by atoms with Gasteiger partial charge in [-0.15, -0.1) is 5.73 Å². The molecule has 5 atom stereocenters. The fraction of sp³-hybridized carbons (Fsp3) is 0.483. The summed E-state index contributed by atoms with van der Waals surface area (Å²) in [5.41, 5.74) is 12.3. The molecule has 192 valence electrons. The molecule has 0 fully saturated rings. The Balaban J connectivity index is 2.47. The van der Waals surface area contributed by atoms with E-state index in [0.717, 1.165) is 33.4 Å². The van der Waals surface area contributed by atoms with Crippen molar-refractivity contribution in [1.29, 1.82) is 0 Å². The number of aliphatic hydroxyl groups is 6. The minimum Gasteiger partial charge on any atom is -0.394 e. The first kappa shape index (κ1) is 29.0. The van der Waals surface area contributed by atoms with Crippen LogP contribution in [0.1, 0.15) is 44.5 Å². The zero-order valence-electron chi connectivity index (χ0n) is 21.6. The van der Waals surface area contributed by atoms with Gasteiger partial charge in [0.2, 0.25) is 0 Å². The number of aryl methyl sites for hydroxylation is 4. The van der Waals surface area contributed by atoms with Crippen LogP contribution in [0, 0.1) is 41.5 Å². The summed E-state index contributed by atoms with van der Waals surface area (Å²) in [4.78, 5) is 0. The lowest BCUT2D eigenvalue weighted by Crippen LogP contribution is -2.50. The summed E-state index contributed by atoms with van der Waals surface area (Å²) in [6.45, 7) is 11.4. The Kier molecular flexibility index (Phi) is 10.4. The van der Waals surface area contributed by atoms with Gasteiger partial charge in [-0.3, -0.25) is 0 Å². The first-order valence-electron chi connectivity index (χ1n) is 12.0. The van der Waals surface area contributed by atoms with Crippen LogP contribution in [0.4, 0.5) is 0 Å². The van der Waals surface area contributed by atoms with Crippen molar-refractivity contribution < 1.29 is 30.6 Å². The molecule has 35 heavy (non-hydrogen) atoms. The highest BCUT2D eigenvalue weighted by molar-refractivity contribution is 5.41. The second kappa shape index (κ2) is 12.6. The lowest BCUT2D eigenvalue weighted by atomic mass is 9.89. The molecule has 1 unspecified atom stereocenters. The Bertz CT molecular complexity index is 1080. The van der Waals surface area contributed by atoms with Crippen LogP contribution in [0.2, 0.25) is 0 Å². The molecular weight excluding hydrogens is 444 g/mol. The SMILES string of the molecule is Cc1cc(C)c(C)c(CC=C=C(Cc2cc(C)cc(C)c2C)C(O)[C@@H](O)[C@@H](O)[C@H](O)[C@@H](O)CO)c1. The molecule has 0 aliphatic heterocycles. The summed E-state index contributed by atoms with van der Waals surface area (Å²) in [5, 5.41) is 60.7. The molecule has 0 aliphatic carbocycles. The van der Waals surface area contributed by atoms with Crippen LogP contribution in [0.25, 0.3) is 0 Å². The van der Waals surface area contributed by atoms with Crippen LogP contribution >= 0.6 is 0 Å². The number of hydrogen-bond donors (Lipinski definition) is 6. The second-order valence-electron chi connectivity index (χ2n) is 9.65. The van der Waals surface area contributed by atoms with Gasteiger partial charge >= 0.3 is 0 Å². The van der Waals surface area contributed by atoms with E-state index < -0.39 is 37.1 Å². The predicted octanol–water partition coefficient (Wildman–Crippen LogP) is 2.20. The third kappa shape index (κ3) is 7.35. The minimum atomic E-state index is -1.87. The molecule has 0 radical (unpaired) electrons. The molecule has 0 amide bonds. The predicted molar refractivity (Wildman–Crippen MR) is 137 cm³/mol. The second-order valence-corrected chi connectivity index (χ2v) is 9.65. The average Bonchev–Trinajstić information content (AvgIpc) is 2.81. The van der Waals surface area contributed by atoms with Gasteiger partial charge in [-0.1, -0.05) is 35.4 Å². The highest BCUT2D eigenvalue weighted by Crippen LogP contribution is 2.23. The van der Waals surface area contributed by atoms with Gasteiger partial charge in [0.1, 0.15) is 30.5 Å². The number of benzene rings is 2. The van der Waals surface area contributed by atoms with Crippen molar-refractivity contribution in [2.45, 2.75) is 84.9 Å². The summed E-state index contributed by atoms with van der Waals surface area (Å²) in [5.74, 6) is 0. The summed E-state index contributed by atoms with van der Waals surface area (Å²) >= 11 is 0. The van der Waals surface area contributed by atoms with Gasteiger partial charge < -0.3 is 30.6 Å². The van der Waals surface area contributed by atoms with E-state index in [0.29, 0.717) is 12.0 Å². The lowest BCUT2D eigenvalue weighted by molar-refractivity contribution is -0.134. The summed E-state index contributed by atoms with van der Waals surface area (Å²) in [6.07, 6.45) is -6.04. The Morgan fingerprint density at radius 2 is 1.26 bits per heavy atom. The van der Waals surface area contributed by atoms with E-state index in [1.54, 1.807) is 6.08 Å². The molecule has 2 rings (SSSR count). The molecule has 6 N–H and O–H groups in total. The largest absolute Gasteiger partial charge is 0.394 e. The molecule has 2 aromatic rings. The molecule has 6 nitrogen and oxygen atoms in total. The maximum Gasteiger partial charge on any atom is 0.113 e. The molecule has 0 saturated carbocycles. The fourth-order valence-corrected chi connectivity index (χ4v) is 4.32. The Hall–Kier alpha value is -2.28. The number of aliphatic hydroxyl groups excluding tert-OH is 6. The summed E-state index contributed by atoms with van der Waals surface area (Å²) < 4.78 is 0. The Morgan fingerprint density at radius 3 is 1.80 bits per heavy atom. The van der Waals surface area contributed by atoms with Crippen LogP contribution in [-0.2, 0) is 12.8 Å². The van der Waals surface area contributed by atoms with E-state index in [4.69, 9.17) is 5.11 Å². The van der Waals surface area contributed by atoms with Crippen LogP contribution in [0.5, 0.6) is 0 Å².